The van der Waals surface area contributed by atoms with Gasteiger partial charge in [0.25, 0.3) is 0 Å². The molecule has 1 radical (unpaired) electrons. The lowest BCUT2D eigenvalue weighted by Crippen LogP contribution is -2.00. The van der Waals surface area contributed by atoms with E-state index in [9.17, 15) is 0 Å². The first-order valence-corrected chi connectivity index (χ1v) is 6.40. The van der Waals surface area contributed by atoms with Gasteiger partial charge >= 0.3 is 0 Å². The first-order valence-electron chi connectivity index (χ1n) is 6.40. The molecule has 2 aromatic carbocycles. The van der Waals surface area contributed by atoms with Crippen molar-refractivity contribution in [3.8, 4) is 5.75 Å². The van der Waals surface area contributed by atoms with E-state index in [1.165, 1.54) is 38.6 Å². The highest BCUT2D eigenvalue weighted by atomic mass is 16.5. The number of benzene rings is 2. The Balaban J connectivity index is 2.97. The molecule has 2 aromatic rings. The molecule has 0 aliphatic rings. The molecule has 0 aliphatic heterocycles. The molecule has 0 saturated heterocycles. The average Bonchev–Trinajstić information content (AvgIpc) is 2.31. The van der Waals surface area contributed by atoms with Gasteiger partial charge in [0.1, 0.15) is 5.75 Å². The predicted molar refractivity (Wildman–Crippen MR) is 78.5 cm³/mol. The van der Waals surface area contributed by atoms with Crippen molar-refractivity contribution < 1.29 is 4.74 Å². The molecular formula is C17H21O. The number of hydrogen-bond acceptors (Lipinski definition) is 1. The van der Waals surface area contributed by atoms with Crippen molar-refractivity contribution in [1.29, 1.82) is 0 Å². The lowest BCUT2D eigenvalue weighted by Gasteiger charge is -2.18. The van der Waals surface area contributed by atoms with Crippen LogP contribution in [0.25, 0.3) is 10.8 Å². The largest absolute Gasteiger partial charge is 0.493 e. The molecule has 0 heterocycles. The molecule has 0 aliphatic carbocycles. The second-order valence-electron chi connectivity index (χ2n) is 5.06. The van der Waals surface area contributed by atoms with Gasteiger partial charge < -0.3 is 4.74 Å². The Bertz CT molecular complexity index is 609. The predicted octanol–water partition coefficient (Wildman–Crippen LogP) is 4.59. The standard InChI is InChI=1S/C17H21O/c1-7-18-17-14(6)12(4)13(5)16-11(3)8-10(2)9-15(16)17/h8-9H,1,7H2,2-6H3. The first-order chi connectivity index (χ1) is 8.47. The quantitative estimate of drug-likeness (QED) is 0.747. The van der Waals surface area contributed by atoms with Gasteiger partial charge in [0, 0.05) is 5.39 Å². The second-order valence-corrected chi connectivity index (χ2v) is 5.06. The van der Waals surface area contributed by atoms with Crippen LogP contribution >= 0.6 is 0 Å². The summed E-state index contributed by atoms with van der Waals surface area (Å²) in [6.07, 6.45) is 0. The van der Waals surface area contributed by atoms with E-state index in [4.69, 9.17) is 4.74 Å². The molecule has 0 N–H and O–H groups in total. The molecular weight excluding hydrogens is 220 g/mol. The van der Waals surface area contributed by atoms with E-state index >= 15 is 0 Å². The summed E-state index contributed by atoms with van der Waals surface area (Å²) in [5.41, 5.74) is 6.50. The van der Waals surface area contributed by atoms with Crippen LogP contribution in [0.2, 0.25) is 0 Å². The number of aryl methyl sites for hydroxylation is 3. The zero-order chi connectivity index (χ0) is 13.4. The summed E-state index contributed by atoms with van der Waals surface area (Å²) < 4.78 is 5.78. The third-order valence-corrected chi connectivity index (χ3v) is 3.81. The summed E-state index contributed by atoms with van der Waals surface area (Å²) >= 11 is 0. The molecule has 1 heteroatoms. The Kier molecular flexibility index (Phi) is 3.34. The van der Waals surface area contributed by atoms with Crippen molar-refractivity contribution in [3.05, 3.63) is 46.9 Å². The van der Waals surface area contributed by atoms with Crippen molar-refractivity contribution in [3.63, 3.8) is 0 Å². The highest BCUT2D eigenvalue weighted by molar-refractivity contribution is 5.96. The van der Waals surface area contributed by atoms with Crippen LogP contribution < -0.4 is 4.74 Å². The van der Waals surface area contributed by atoms with Crippen LogP contribution in [0.4, 0.5) is 0 Å². The first kappa shape index (κ1) is 12.9. The van der Waals surface area contributed by atoms with E-state index in [-0.39, 0.29) is 0 Å². The van der Waals surface area contributed by atoms with E-state index in [0.717, 1.165) is 5.75 Å². The molecule has 0 atom stereocenters. The Labute approximate surface area is 110 Å². The van der Waals surface area contributed by atoms with Crippen molar-refractivity contribution in [2.75, 3.05) is 6.61 Å². The lowest BCUT2D eigenvalue weighted by atomic mass is 9.91. The van der Waals surface area contributed by atoms with Crippen LogP contribution in [0.3, 0.4) is 0 Å². The fourth-order valence-corrected chi connectivity index (χ4v) is 2.77. The molecule has 2 rings (SSSR count). The number of ether oxygens (including phenoxy) is 1. The smallest absolute Gasteiger partial charge is 0.130 e. The second kappa shape index (κ2) is 4.64. The maximum Gasteiger partial charge on any atom is 0.130 e. The minimum atomic E-state index is 0.464. The minimum absolute atomic E-state index is 0.464. The van der Waals surface area contributed by atoms with Gasteiger partial charge in [0.2, 0.25) is 0 Å². The van der Waals surface area contributed by atoms with Gasteiger partial charge in [-0.2, -0.15) is 0 Å². The van der Waals surface area contributed by atoms with Gasteiger partial charge in [-0.25, -0.2) is 0 Å². The topological polar surface area (TPSA) is 9.23 Å². The van der Waals surface area contributed by atoms with Crippen LogP contribution in [0.1, 0.15) is 27.8 Å². The van der Waals surface area contributed by atoms with E-state index < -0.39 is 0 Å². The molecule has 0 aromatic heterocycles. The third kappa shape index (κ3) is 1.88. The summed E-state index contributed by atoms with van der Waals surface area (Å²) in [6.45, 7) is 15.1. The molecule has 0 spiro atoms. The molecule has 0 amide bonds. The zero-order valence-electron chi connectivity index (χ0n) is 12.0. The van der Waals surface area contributed by atoms with Gasteiger partial charge in [0.15, 0.2) is 0 Å². The summed E-state index contributed by atoms with van der Waals surface area (Å²) in [5, 5.41) is 2.55. The Morgan fingerprint density at radius 2 is 1.61 bits per heavy atom. The highest BCUT2D eigenvalue weighted by Crippen LogP contribution is 2.37. The maximum atomic E-state index is 5.78. The Hall–Kier alpha value is -1.50. The maximum absolute atomic E-state index is 5.78. The van der Waals surface area contributed by atoms with E-state index in [1.807, 2.05) is 0 Å². The molecule has 0 saturated carbocycles. The van der Waals surface area contributed by atoms with Crippen molar-refractivity contribution in [1.82, 2.24) is 0 Å². The van der Waals surface area contributed by atoms with Crippen LogP contribution in [0.15, 0.2) is 12.1 Å². The third-order valence-electron chi connectivity index (χ3n) is 3.81. The molecule has 1 nitrogen and oxygen atoms in total. The number of hydrogen-bond donors (Lipinski definition) is 0. The molecule has 0 fully saturated rings. The van der Waals surface area contributed by atoms with Crippen molar-refractivity contribution in [2.45, 2.75) is 34.6 Å². The fraction of sp³-hybridized carbons (Fsp3) is 0.353. The van der Waals surface area contributed by atoms with Crippen LogP contribution in [-0.2, 0) is 0 Å². The van der Waals surface area contributed by atoms with Crippen molar-refractivity contribution >= 4 is 10.8 Å². The minimum Gasteiger partial charge on any atom is -0.493 e. The van der Waals surface area contributed by atoms with Crippen molar-refractivity contribution in [2.24, 2.45) is 0 Å². The summed E-state index contributed by atoms with van der Waals surface area (Å²) in [7, 11) is 0. The highest BCUT2D eigenvalue weighted by Gasteiger charge is 2.14. The SMILES string of the molecule is [CH2]COc1c(C)c(C)c(C)c2c(C)cc(C)cc12. The summed E-state index contributed by atoms with van der Waals surface area (Å²) in [5.74, 6) is 0.995. The zero-order valence-corrected chi connectivity index (χ0v) is 12.0. The van der Waals surface area contributed by atoms with E-state index in [1.54, 1.807) is 0 Å². The lowest BCUT2D eigenvalue weighted by molar-refractivity contribution is 0.362. The molecule has 0 unspecified atom stereocenters. The van der Waals surface area contributed by atoms with Crippen LogP contribution in [0, 0.1) is 41.5 Å². The molecule has 95 valence electrons. The number of rotatable bonds is 2. The number of fused-ring (bicyclic) bond motifs is 1. The van der Waals surface area contributed by atoms with E-state index in [0.29, 0.717) is 6.61 Å². The molecule has 18 heavy (non-hydrogen) atoms. The Morgan fingerprint density at radius 3 is 2.22 bits per heavy atom. The Morgan fingerprint density at radius 1 is 0.944 bits per heavy atom. The average molecular weight is 241 g/mol. The molecule has 0 bridgehead atoms. The normalized spacial score (nSPS) is 11.0. The van der Waals surface area contributed by atoms with Gasteiger partial charge in [0.05, 0.1) is 6.61 Å². The van der Waals surface area contributed by atoms with Gasteiger partial charge in [-0.05, 0) is 75.2 Å². The van der Waals surface area contributed by atoms with Gasteiger partial charge in [-0.3, -0.25) is 0 Å². The van der Waals surface area contributed by atoms with Crippen LogP contribution in [0.5, 0.6) is 5.75 Å². The fourth-order valence-electron chi connectivity index (χ4n) is 2.77. The monoisotopic (exact) mass is 241 g/mol. The summed E-state index contributed by atoms with van der Waals surface area (Å²) in [4.78, 5) is 0. The van der Waals surface area contributed by atoms with Crippen LogP contribution in [-0.4, -0.2) is 6.61 Å². The van der Waals surface area contributed by atoms with Gasteiger partial charge in [-0.1, -0.05) is 11.6 Å². The van der Waals surface area contributed by atoms with E-state index in [2.05, 4.69) is 53.7 Å². The summed E-state index contributed by atoms with van der Waals surface area (Å²) in [6, 6.07) is 4.45. The van der Waals surface area contributed by atoms with Gasteiger partial charge in [-0.15, -0.1) is 0 Å².